The standard InChI is InChI=1S/C28H33F3N2O6S/c29-28(30,31)27(37)33-11-1-2-23(33)25(36)32-15-18-3-9-21(10-4-18)26-38-22(17-40-13-12-34)14-24(39-26)20-7-5-19(16-35)6-8-20/h3-10,22-24,26,34-35H,1-2,11-17H2,(H,32,36)/t22-,23-,24+,26+/m0/s1. The van der Waals surface area contributed by atoms with Crippen molar-refractivity contribution in [2.75, 3.05) is 24.7 Å². The van der Waals surface area contributed by atoms with Crippen molar-refractivity contribution in [1.82, 2.24) is 10.2 Å². The van der Waals surface area contributed by atoms with Crippen molar-refractivity contribution in [2.24, 2.45) is 0 Å². The second-order valence-corrected chi connectivity index (χ2v) is 10.9. The molecule has 0 aliphatic carbocycles. The molecule has 2 fully saturated rings. The van der Waals surface area contributed by atoms with Crippen molar-refractivity contribution in [2.45, 2.75) is 63.1 Å². The van der Waals surface area contributed by atoms with E-state index in [1.165, 1.54) is 0 Å². The zero-order valence-corrected chi connectivity index (χ0v) is 22.6. The van der Waals surface area contributed by atoms with Gasteiger partial charge in [-0.25, -0.2) is 0 Å². The Balaban J connectivity index is 1.39. The normalized spacial score (nSPS) is 23.3. The largest absolute Gasteiger partial charge is 0.471 e. The van der Waals surface area contributed by atoms with E-state index in [9.17, 15) is 27.9 Å². The number of rotatable bonds is 10. The molecule has 8 nitrogen and oxygen atoms in total. The molecule has 2 heterocycles. The fourth-order valence-corrected chi connectivity index (χ4v) is 5.62. The molecule has 2 aromatic rings. The van der Waals surface area contributed by atoms with Crippen LogP contribution in [0.4, 0.5) is 13.2 Å². The molecule has 0 bridgehead atoms. The predicted octanol–water partition coefficient (Wildman–Crippen LogP) is 3.62. The molecule has 40 heavy (non-hydrogen) atoms. The first-order chi connectivity index (χ1) is 19.2. The number of likely N-dealkylation sites (tertiary alicyclic amines) is 1. The van der Waals surface area contributed by atoms with E-state index in [-0.39, 0.29) is 44.9 Å². The summed E-state index contributed by atoms with van der Waals surface area (Å²) in [5.41, 5.74) is 3.26. The van der Waals surface area contributed by atoms with Gasteiger partial charge in [-0.15, -0.1) is 0 Å². The smallest absolute Gasteiger partial charge is 0.396 e. The van der Waals surface area contributed by atoms with Crippen molar-refractivity contribution < 1.29 is 42.4 Å². The third-order valence-electron chi connectivity index (χ3n) is 6.93. The van der Waals surface area contributed by atoms with Gasteiger partial charge in [0.15, 0.2) is 6.29 Å². The summed E-state index contributed by atoms with van der Waals surface area (Å²) >= 11 is 1.59. The van der Waals surface area contributed by atoms with E-state index in [0.29, 0.717) is 29.2 Å². The van der Waals surface area contributed by atoms with E-state index < -0.39 is 30.3 Å². The quantitative estimate of drug-likeness (QED) is 0.368. The molecule has 2 aromatic carbocycles. The summed E-state index contributed by atoms with van der Waals surface area (Å²) in [4.78, 5) is 24.8. The van der Waals surface area contributed by atoms with Gasteiger partial charge in [0.1, 0.15) is 6.04 Å². The Morgan fingerprint density at radius 2 is 1.68 bits per heavy atom. The van der Waals surface area contributed by atoms with E-state index in [0.717, 1.165) is 22.3 Å². The van der Waals surface area contributed by atoms with Crippen LogP contribution in [0.5, 0.6) is 0 Å². The number of amides is 2. The fourth-order valence-electron chi connectivity index (χ4n) is 4.85. The molecular weight excluding hydrogens is 549 g/mol. The first-order valence-electron chi connectivity index (χ1n) is 13.1. The van der Waals surface area contributed by atoms with Gasteiger partial charge in [0.25, 0.3) is 0 Å². The summed E-state index contributed by atoms with van der Waals surface area (Å²) in [7, 11) is 0. The van der Waals surface area contributed by atoms with Gasteiger partial charge in [-0.2, -0.15) is 24.9 Å². The maximum Gasteiger partial charge on any atom is 0.471 e. The number of carbonyl (C=O) groups is 2. The van der Waals surface area contributed by atoms with Gasteiger partial charge in [-0.3, -0.25) is 9.59 Å². The third-order valence-corrected chi connectivity index (χ3v) is 8.01. The van der Waals surface area contributed by atoms with E-state index in [1.54, 1.807) is 23.9 Å². The third kappa shape index (κ3) is 7.76. The number of thioether (sulfide) groups is 1. The summed E-state index contributed by atoms with van der Waals surface area (Å²) in [6, 6.07) is 13.6. The van der Waals surface area contributed by atoms with Crippen LogP contribution in [-0.4, -0.2) is 69.9 Å². The highest BCUT2D eigenvalue weighted by Gasteiger charge is 2.47. The molecule has 0 saturated carbocycles. The number of hydrogen-bond acceptors (Lipinski definition) is 7. The van der Waals surface area contributed by atoms with Gasteiger partial charge in [0.05, 0.1) is 25.4 Å². The first kappa shape index (κ1) is 30.3. The monoisotopic (exact) mass is 582 g/mol. The van der Waals surface area contributed by atoms with E-state index in [2.05, 4.69) is 5.32 Å². The molecule has 0 unspecified atom stereocenters. The molecule has 2 aliphatic rings. The zero-order valence-electron chi connectivity index (χ0n) is 21.8. The molecule has 4 atom stereocenters. The van der Waals surface area contributed by atoms with Crippen LogP contribution in [0.15, 0.2) is 48.5 Å². The topological polar surface area (TPSA) is 108 Å². The first-order valence-corrected chi connectivity index (χ1v) is 14.3. The number of halogens is 3. The number of carbonyl (C=O) groups excluding carboxylic acids is 2. The number of alkyl halides is 3. The lowest BCUT2D eigenvalue weighted by atomic mass is 10.0. The van der Waals surface area contributed by atoms with Crippen LogP contribution < -0.4 is 5.32 Å². The van der Waals surface area contributed by atoms with Crippen LogP contribution in [0, 0.1) is 0 Å². The fraction of sp³-hybridized carbons (Fsp3) is 0.500. The Morgan fingerprint density at radius 1 is 1.00 bits per heavy atom. The minimum Gasteiger partial charge on any atom is -0.396 e. The van der Waals surface area contributed by atoms with Crippen molar-refractivity contribution >= 4 is 23.6 Å². The van der Waals surface area contributed by atoms with Crippen molar-refractivity contribution in [3.05, 3.63) is 70.8 Å². The Morgan fingerprint density at radius 3 is 2.33 bits per heavy atom. The minimum atomic E-state index is -5.01. The lowest BCUT2D eigenvalue weighted by Gasteiger charge is -2.36. The second kappa shape index (κ2) is 13.8. The van der Waals surface area contributed by atoms with Gasteiger partial charge in [0, 0.05) is 36.6 Å². The summed E-state index contributed by atoms with van der Waals surface area (Å²) in [6.45, 7) is 0.0308. The average molecular weight is 583 g/mol. The van der Waals surface area contributed by atoms with Crippen LogP contribution in [0.2, 0.25) is 0 Å². The number of hydrogen-bond donors (Lipinski definition) is 3. The number of aliphatic hydroxyl groups is 2. The number of nitrogens with one attached hydrogen (secondary N) is 1. The van der Waals surface area contributed by atoms with Crippen LogP contribution in [0.3, 0.4) is 0 Å². The number of ether oxygens (including phenoxy) is 2. The van der Waals surface area contributed by atoms with Gasteiger partial charge in [-0.1, -0.05) is 48.5 Å². The molecule has 2 aliphatic heterocycles. The molecule has 218 valence electrons. The highest BCUT2D eigenvalue weighted by molar-refractivity contribution is 7.99. The molecule has 4 rings (SSSR count). The number of nitrogens with zero attached hydrogens (tertiary/aromatic N) is 1. The maximum atomic E-state index is 12.9. The summed E-state index contributed by atoms with van der Waals surface area (Å²) in [5.74, 6) is -1.32. The van der Waals surface area contributed by atoms with Gasteiger partial charge in [0.2, 0.25) is 5.91 Å². The Kier molecular flexibility index (Phi) is 10.5. The second-order valence-electron chi connectivity index (χ2n) is 9.76. The summed E-state index contributed by atoms with van der Waals surface area (Å²) in [6.07, 6.45) is -4.87. The minimum absolute atomic E-state index is 0.0463. The molecule has 0 radical (unpaired) electrons. The predicted molar refractivity (Wildman–Crippen MR) is 142 cm³/mol. The molecular formula is C28H33F3N2O6S. The van der Waals surface area contributed by atoms with E-state index in [4.69, 9.17) is 14.6 Å². The number of aliphatic hydroxyl groups excluding tert-OH is 2. The molecule has 2 saturated heterocycles. The lowest BCUT2D eigenvalue weighted by Crippen LogP contribution is -2.50. The van der Waals surface area contributed by atoms with Crippen molar-refractivity contribution in [3.8, 4) is 0 Å². The van der Waals surface area contributed by atoms with Crippen molar-refractivity contribution in [3.63, 3.8) is 0 Å². The highest BCUT2D eigenvalue weighted by atomic mass is 32.2. The van der Waals surface area contributed by atoms with Crippen LogP contribution in [0.25, 0.3) is 0 Å². The Labute approximate surface area is 234 Å². The lowest BCUT2D eigenvalue weighted by molar-refractivity contribution is -0.245. The zero-order chi connectivity index (χ0) is 28.7. The van der Waals surface area contributed by atoms with Crippen LogP contribution >= 0.6 is 11.8 Å². The van der Waals surface area contributed by atoms with E-state index >= 15 is 0 Å². The molecule has 0 aromatic heterocycles. The van der Waals surface area contributed by atoms with Gasteiger partial charge >= 0.3 is 12.1 Å². The molecule has 12 heteroatoms. The summed E-state index contributed by atoms with van der Waals surface area (Å²) in [5, 5.41) is 21.1. The molecule has 3 N–H and O–H groups in total. The Hall–Kier alpha value is -2.64. The SMILES string of the molecule is O=C(NCc1ccc([C@@H]2O[C@H](CSCCO)C[C@H](c3ccc(CO)cc3)O2)cc1)[C@@H]1CCCN1C(=O)C(F)(F)F. The highest BCUT2D eigenvalue weighted by Crippen LogP contribution is 2.38. The average Bonchev–Trinajstić information content (AvgIpc) is 3.45. The summed E-state index contributed by atoms with van der Waals surface area (Å²) < 4.78 is 51.1. The van der Waals surface area contributed by atoms with Crippen LogP contribution in [0.1, 0.15) is 53.9 Å². The Bertz CT molecular complexity index is 1130. The molecule has 2 amide bonds. The molecule has 0 spiro atoms. The number of benzene rings is 2. The van der Waals surface area contributed by atoms with Gasteiger partial charge in [-0.05, 0) is 29.5 Å². The van der Waals surface area contributed by atoms with Crippen molar-refractivity contribution in [1.29, 1.82) is 0 Å². The maximum absolute atomic E-state index is 12.9. The van der Waals surface area contributed by atoms with Gasteiger partial charge < -0.3 is 29.9 Å². The van der Waals surface area contributed by atoms with Crippen LogP contribution in [-0.2, 0) is 32.2 Å². The van der Waals surface area contributed by atoms with E-state index in [1.807, 2.05) is 36.4 Å².